The van der Waals surface area contributed by atoms with E-state index in [0.29, 0.717) is 6.54 Å². The molecule has 2 aromatic carbocycles. The highest BCUT2D eigenvalue weighted by molar-refractivity contribution is 5.89. The average molecular weight is 350 g/mol. The van der Waals surface area contributed by atoms with Gasteiger partial charge >= 0.3 is 0 Å². The Morgan fingerprint density at radius 2 is 1.69 bits per heavy atom. The number of rotatable bonds is 5. The van der Waals surface area contributed by atoms with Gasteiger partial charge in [0.15, 0.2) is 0 Å². The fourth-order valence-corrected chi connectivity index (χ4v) is 4.05. The van der Waals surface area contributed by atoms with E-state index in [-0.39, 0.29) is 11.3 Å². The maximum absolute atomic E-state index is 13.1. The minimum Gasteiger partial charge on any atom is -0.378 e. The Hall–Kier alpha value is -2.33. The number of benzene rings is 2. The molecular weight excluding hydrogens is 324 g/mol. The first-order chi connectivity index (χ1) is 12.8. The van der Waals surface area contributed by atoms with Crippen LogP contribution in [0.2, 0.25) is 0 Å². The summed E-state index contributed by atoms with van der Waals surface area (Å²) in [6.45, 7) is 3.90. The molecule has 0 atom stereocenters. The third kappa shape index (κ3) is 3.21. The van der Waals surface area contributed by atoms with Crippen molar-refractivity contribution >= 4 is 11.6 Å². The average Bonchev–Trinajstić information content (AvgIpc) is 2.67. The van der Waals surface area contributed by atoms with Crippen LogP contribution in [0.5, 0.6) is 0 Å². The molecule has 4 nitrogen and oxygen atoms in total. The van der Waals surface area contributed by atoms with E-state index in [1.807, 2.05) is 24.3 Å². The van der Waals surface area contributed by atoms with Crippen LogP contribution in [0, 0.1) is 0 Å². The third-order valence-electron chi connectivity index (χ3n) is 5.75. The van der Waals surface area contributed by atoms with Crippen molar-refractivity contribution in [1.29, 1.82) is 0 Å². The number of hydrogen-bond donors (Lipinski definition) is 1. The van der Waals surface area contributed by atoms with Gasteiger partial charge in [0, 0.05) is 25.3 Å². The summed E-state index contributed by atoms with van der Waals surface area (Å²) in [6.07, 6.45) is 2.99. The molecule has 1 saturated carbocycles. The molecule has 1 saturated heterocycles. The normalized spacial score (nSPS) is 18.8. The first kappa shape index (κ1) is 17.1. The van der Waals surface area contributed by atoms with Crippen LogP contribution in [0.15, 0.2) is 54.6 Å². The molecule has 4 heteroatoms. The number of carbonyl (C=O) groups excluding carboxylic acids is 1. The lowest BCUT2D eigenvalue weighted by atomic mass is 9.64. The monoisotopic (exact) mass is 350 g/mol. The molecule has 4 rings (SSSR count). The molecule has 2 aromatic rings. The van der Waals surface area contributed by atoms with Crippen molar-refractivity contribution in [2.24, 2.45) is 0 Å². The second kappa shape index (κ2) is 7.50. The Labute approximate surface area is 155 Å². The van der Waals surface area contributed by atoms with E-state index in [9.17, 15) is 4.79 Å². The minimum absolute atomic E-state index is 0.159. The van der Waals surface area contributed by atoms with Crippen molar-refractivity contribution in [3.05, 3.63) is 65.7 Å². The Kier molecular flexibility index (Phi) is 4.93. The zero-order valence-corrected chi connectivity index (χ0v) is 15.1. The molecule has 26 heavy (non-hydrogen) atoms. The number of morpholine rings is 1. The molecule has 0 unspecified atom stereocenters. The first-order valence-corrected chi connectivity index (χ1v) is 9.54. The van der Waals surface area contributed by atoms with Crippen LogP contribution < -0.4 is 10.2 Å². The second-order valence-electron chi connectivity index (χ2n) is 7.21. The maximum atomic E-state index is 13.1. The SMILES string of the molecule is O=C(NCc1ccccc1N1CCOCC1)C1(c2ccccc2)CCC1. The van der Waals surface area contributed by atoms with Gasteiger partial charge in [-0.3, -0.25) is 4.79 Å². The molecular formula is C22H26N2O2. The highest BCUT2D eigenvalue weighted by Gasteiger charge is 2.45. The third-order valence-corrected chi connectivity index (χ3v) is 5.75. The van der Waals surface area contributed by atoms with E-state index in [1.54, 1.807) is 0 Å². The van der Waals surface area contributed by atoms with Gasteiger partial charge in [-0.2, -0.15) is 0 Å². The predicted molar refractivity (Wildman–Crippen MR) is 103 cm³/mol. The van der Waals surface area contributed by atoms with Crippen LogP contribution in [-0.4, -0.2) is 32.2 Å². The zero-order valence-electron chi connectivity index (χ0n) is 15.1. The molecule has 0 spiro atoms. The van der Waals surface area contributed by atoms with Crippen molar-refractivity contribution in [2.75, 3.05) is 31.2 Å². The molecule has 2 aliphatic rings. The van der Waals surface area contributed by atoms with Gasteiger partial charge in [0.05, 0.1) is 18.6 Å². The summed E-state index contributed by atoms with van der Waals surface area (Å²) in [5.74, 6) is 0.159. The molecule has 0 bridgehead atoms. The Balaban J connectivity index is 1.48. The topological polar surface area (TPSA) is 41.6 Å². The van der Waals surface area contributed by atoms with Crippen molar-refractivity contribution in [3.8, 4) is 0 Å². The molecule has 1 heterocycles. The quantitative estimate of drug-likeness (QED) is 0.900. The van der Waals surface area contributed by atoms with Crippen LogP contribution in [0.3, 0.4) is 0 Å². The summed E-state index contributed by atoms with van der Waals surface area (Å²) in [6, 6.07) is 18.6. The number of anilines is 1. The van der Waals surface area contributed by atoms with Gasteiger partial charge < -0.3 is 15.0 Å². The lowest BCUT2D eigenvalue weighted by Crippen LogP contribution is -2.49. The largest absolute Gasteiger partial charge is 0.378 e. The van der Waals surface area contributed by atoms with Crippen LogP contribution in [0.25, 0.3) is 0 Å². The maximum Gasteiger partial charge on any atom is 0.230 e. The summed E-state index contributed by atoms with van der Waals surface area (Å²) >= 11 is 0. The Morgan fingerprint density at radius 1 is 1.00 bits per heavy atom. The molecule has 1 amide bonds. The van der Waals surface area contributed by atoms with E-state index < -0.39 is 0 Å². The second-order valence-corrected chi connectivity index (χ2v) is 7.21. The summed E-state index contributed by atoms with van der Waals surface area (Å²) in [4.78, 5) is 15.4. The molecule has 2 fully saturated rings. The van der Waals surface area contributed by atoms with Crippen LogP contribution in [0.4, 0.5) is 5.69 Å². The number of nitrogens with zero attached hydrogens (tertiary/aromatic N) is 1. The van der Waals surface area contributed by atoms with Gasteiger partial charge in [0.25, 0.3) is 0 Å². The fraction of sp³-hybridized carbons (Fsp3) is 0.409. The van der Waals surface area contributed by atoms with Crippen LogP contribution in [-0.2, 0) is 21.5 Å². The highest BCUT2D eigenvalue weighted by atomic mass is 16.5. The summed E-state index contributed by atoms with van der Waals surface area (Å²) < 4.78 is 5.46. The number of para-hydroxylation sites is 1. The van der Waals surface area contributed by atoms with Gasteiger partial charge in [-0.15, -0.1) is 0 Å². The van der Waals surface area contributed by atoms with E-state index in [2.05, 4.69) is 40.5 Å². The number of nitrogens with one attached hydrogen (secondary N) is 1. The van der Waals surface area contributed by atoms with Crippen molar-refractivity contribution < 1.29 is 9.53 Å². The zero-order chi connectivity index (χ0) is 17.8. The smallest absolute Gasteiger partial charge is 0.230 e. The molecule has 1 aliphatic heterocycles. The minimum atomic E-state index is -0.338. The summed E-state index contributed by atoms with van der Waals surface area (Å²) in [5.41, 5.74) is 3.18. The lowest BCUT2D eigenvalue weighted by molar-refractivity contribution is -0.130. The number of ether oxygens (including phenoxy) is 1. The van der Waals surface area contributed by atoms with E-state index in [0.717, 1.165) is 51.1 Å². The van der Waals surface area contributed by atoms with Crippen molar-refractivity contribution in [1.82, 2.24) is 5.32 Å². The van der Waals surface area contributed by atoms with Gasteiger partial charge in [-0.25, -0.2) is 0 Å². The molecule has 1 aliphatic carbocycles. The standard InChI is InChI=1S/C22H26N2O2/c25-21(22(11-6-12-22)19-8-2-1-3-9-19)23-17-18-7-4-5-10-20(18)24-13-15-26-16-14-24/h1-5,7-10H,6,11-17H2,(H,23,25). The van der Waals surface area contributed by atoms with E-state index in [1.165, 1.54) is 11.3 Å². The van der Waals surface area contributed by atoms with Crippen molar-refractivity contribution in [3.63, 3.8) is 0 Å². The summed E-state index contributed by atoms with van der Waals surface area (Å²) in [7, 11) is 0. The molecule has 0 radical (unpaired) electrons. The predicted octanol–water partition coefficient (Wildman–Crippen LogP) is 3.26. The van der Waals surface area contributed by atoms with E-state index in [4.69, 9.17) is 4.74 Å². The Morgan fingerprint density at radius 3 is 2.38 bits per heavy atom. The highest BCUT2D eigenvalue weighted by Crippen LogP contribution is 2.44. The number of carbonyl (C=O) groups is 1. The fourth-order valence-electron chi connectivity index (χ4n) is 4.05. The van der Waals surface area contributed by atoms with Crippen molar-refractivity contribution in [2.45, 2.75) is 31.2 Å². The Bertz CT molecular complexity index is 750. The van der Waals surface area contributed by atoms with Crippen LogP contribution >= 0.6 is 0 Å². The van der Waals surface area contributed by atoms with Gasteiger partial charge in [0.1, 0.15) is 0 Å². The van der Waals surface area contributed by atoms with Gasteiger partial charge in [0.2, 0.25) is 5.91 Å². The first-order valence-electron chi connectivity index (χ1n) is 9.54. The lowest BCUT2D eigenvalue weighted by Gasteiger charge is -2.41. The van der Waals surface area contributed by atoms with Gasteiger partial charge in [-0.1, -0.05) is 55.0 Å². The van der Waals surface area contributed by atoms with E-state index >= 15 is 0 Å². The molecule has 1 N–H and O–H groups in total. The number of amides is 1. The number of hydrogen-bond acceptors (Lipinski definition) is 3. The molecule has 0 aromatic heterocycles. The molecule has 136 valence electrons. The van der Waals surface area contributed by atoms with Gasteiger partial charge in [-0.05, 0) is 30.0 Å². The summed E-state index contributed by atoms with van der Waals surface area (Å²) in [5, 5.41) is 3.22. The van der Waals surface area contributed by atoms with Crippen LogP contribution in [0.1, 0.15) is 30.4 Å².